The van der Waals surface area contributed by atoms with Gasteiger partial charge in [-0.15, -0.1) is 11.3 Å². The number of nitrogens with one attached hydrogen (secondary N) is 2. The van der Waals surface area contributed by atoms with Crippen molar-refractivity contribution in [3.63, 3.8) is 0 Å². The number of aryl methyl sites for hydroxylation is 3. The minimum Gasteiger partial charge on any atom is -0.333 e. The normalized spacial score (nSPS) is 16.2. The first-order chi connectivity index (χ1) is 12.6. The summed E-state index contributed by atoms with van der Waals surface area (Å²) >= 11 is 1.63. The lowest BCUT2D eigenvalue weighted by Gasteiger charge is -2.23. The number of hydrogen-bond acceptors (Lipinski definition) is 5. The number of anilines is 1. The summed E-state index contributed by atoms with van der Waals surface area (Å²) in [4.78, 5) is 21.1. The van der Waals surface area contributed by atoms with Gasteiger partial charge in [0.05, 0.1) is 23.3 Å². The summed E-state index contributed by atoms with van der Waals surface area (Å²) in [7, 11) is 0. The Morgan fingerprint density at radius 2 is 2.04 bits per heavy atom. The number of benzene rings is 1. The molecule has 0 saturated carbocycles. The average Bonchev–Trinajstić information content (AvgIpc) is 3.20. The molecule has 0 spiro atoms. The third kappa shape index (κ3) is 3.60. The average molecular weight is 368 g/mol. The standard InChI is InChI=1S/C18H20N6OS/c1-11-19-17-8-7-15(9-24(17)23-11)22-18(25)21-14-5-3-13(4-6-14)16-10-26-12(2)20-16/h3-6,10,15H,7-9H2,1-2H3,(H2,21,22,25)/t15-/m1/s1. The van der Waals surface area contributed by atoms with E-state index in [1.165, 1.54) is 0 Å². The first-order valence-electron chi connectivity index (χ1n) is 8.57. The third-order valence-corrected chi connectivity index (χ3v) is 5.13. The van der Waals surface area contributed by atoms with E-state index in [2.05, 4.69) is 25.7 Å². The zero-order valence-corrected chi connectivity index (χ0v) is 15.5. The molecule has 1 aliphatic rings. The SMILES string of the molecule is Cc1nc2n(n1)C[C@H](NC(=O)Nc1ccc(-c3csc(C)n3)cc1)CC2. The van der Waals surface area contributed by atoms with Crippen molar-refractivity contribution >= 4 is 23.1 Å². The van der Waals surface area contributed by atoms with Crippen LogP contribution in [0.15, 0.2) is 29.6 Å². The second-order valence-corrected chi connectivity index (χ2v) is 7.48. The molecule has 3 aromatic rings. The van der Waals surface area contributed by atoms with Crippen LogP contribution < -0.4 is 10.6 Å². The molecule has 8 heteroatoms. The lowest BCUT2D eigenvalue weighted by atomic mass is 10.1. The second-order valence-electron chi connectivity index (χ2n) is 6.42. The van der Waals surface area contributed by atoms with Crippen molar-refractivity contribution in [1.82, 2.24) is 25.1 Å². The van der Waals surface area contributed by atoms with Crippen molar-refractivity contribution in [2.24, 2.45) is 0 Å². The van der Waals surface area contributed by atoms with E-state index in [0.717, 1.165) is 46.4 Å². The van der Waals surface area contributed by atoms with Crippen LogP contribution in [-0.2, 0) is 13.0 Å². The smallest absolute Gasteiger partial charge is 0.319 e. The highest BCUT2D eigenvalue weighted by Crippen LogP contribution is 2.23. The molecule has 1 atom stereocenters. The van der Waals surface area contributed by atoms with Crippen molar-refractivity contribution in [2.45, 2.75) is 39.3 Å². The van der Waals surface area contributed by atoms with E-state index < -0.39 is 0 Å². The molecule has 0 radical (unpaired) electrons. The van der Waals surface area contributed by atoms with E-state index in [1.807, 2.05) is 48.2 Å². The summed E-state index contributed by atoms with van der Waals surface area (Å²) in [5.74, 6) is 1.77. The lowest BCUT2D eigenvalue weighted by Crippen LogP contribution is -2.43. The third-order valence-electron chi connectivity index (χ3n) is 4.36. The number of urea groups is 1. The number of hydrogen-bond donors (Lipinski definition) is 2. The van der Waals surface area contributed by atoms with Gasteiger partial charge in [-0.2, -0.15) is 5.10 Å². The largest absolute Gasteiger partial charge is 0.333 e. The van der Waals surface area contributed by atoms with Crippen LogP contribution in [0.2, 0.25) is 0 Å². The van der Waals surface area contributed by atoms with Crippen LogP contribution in [0.5, 0.6) is 0 Å². The molecular weight excluding hydrogens is 348 g/mol. The Bertz CT molecular complexity index is 930. The Morgan fingerprint density at radius 1 is 1.23 bits per heavy atom. The number of nitrogens with zero attached hydrogens (tertiary/aromatic N) is 4. The van der Waals surface area contributed by atoms with E-state index in [4.69, 9.17) is 0 Å². The molecule has 2 N–H and O–H groups in total. The number of rotatable bonds is 3. The predicted molar refractivity (Wildman–Crippen MR) is 101 cm³/mol. The van der Waals surface area contributed by atoms with E-state index in [9.17, 15) is 4.79 Å². The van der Waals surface area contributed by atoms with Gasteiger partial charge in [-0.25, -0.2) is 19.4 Å². The Balaban J connectivity index is 1.35. The molecule has 0 aliphatic carbocycles. The fraction of sp³-hybridized carbons (Fsp3) is 0.333. The Hall–Kier alpha value is -2.74. The number of amides is 2. The number of fused-ring (bicyclic) bond motifs is 1. The van der Waals surface area contributed by atoms with Crippen LogP contribution in [-0.4, -0.2) is 31.8 Å². The molecule has 134 valence electrons. The van der Waals surface area contributed by atoms with Gasteiger partial charge < -0.3 is 10.6 Å². The van der Waals surface area contributed by atoms with Crippen molar-refractivity contribution in [3.05, 3.63) is 46.3 Å². The van der Waals surface area contributed by atoms with Gasteiger partial charge in [-0.1, -0.05) is 12.1 Å². The highest BCUT2D eigenvalue weighted by atomic mass is 32.1. The zero-order chi connectivity index (χ0) is 18.1. The Morgan fingerprint density at radius 3 is 2.77 bits per heavy atom. The highest BCUT2D eigenvalue weighted by molar-refractivity contribution is 7.09. The summed E-state index contributed by atoms with van der Waals surface area (Å²) in [6.45, 7) is 4.53. The minimum absolute atomic E-state index is 0.0563. The summed E-state index contributed by atoms with van der Waals surface area (Å²) in [5.41, 5.74) is 2.76. The number of carbonyl (C=O) groups excluding carboxylic acids is 1. The first kappa shape index (κ1) is 16.7. The van der Waals surface area contributed by atoms with Gasteiger partial charge >= 0.3 is 6.03 Å². The first-order valence-corrected chi connectivity index (χ1v) is 9.45. The van der Waals surface area contributed by atoms with Crippen LogP contribution in [0, 0.1) is 13.8 Å². The van der Waals surface area contributed by atoms with Gasteiger partial charge in [0, 0.05) is 23.1 Å². The fourth-order valence-electron chi connectivity index (χ4n) is 3.12. The predicted octanol–water partition coefficient (Wildman–Crippen LogP) is 3.15. The molecule has 0 saturated heterocycles. The van der Waals surface area contributed by atoms with Crippen LogP contribution >= 0.6 is 11.3 Å². The van der Waals surface area contributed by atoms with E-state index in [1.54, 1.807) is 11.3 Å². The molecule has 26 heavy (non-hydrogen) atoms. The quantitative estimate of drug-likeness (QED) is 0.744. The van der Waals surface area contributed by atoms with Crippen molar-refractivity contribution in [3.8, 4) is 11.3 Å². The Labute approximate surface area is 155 Å². The summed E-state index contributed by atoms with van der Waals surface area (Å²) in [6.07, 6.45) is 1.70. The fourth-order valence-corrected chi connectivity index (χ4v) is 3.75. The van der Waals surface area contributed by atoms with Gasteiger partial charge in [0.1, 0.15) is 11.6 Å². The van der Waals surface area contributed by atoms with Crippen LogP contribution in [0.25, 0.3) is 11.3 Å². The molecule has 4 rings (SSSR count). The maximum absolute atomic E-state index is 12.3. The highest BCUT2D eigenvalue weighted by Gasteiger charge is 2.22. The van der Waals surface area contributed by atoms with E-state index in [0.29, 0.717) is 6.54 Å². The lowest BCUT2D eigenvalue weighted by molar-refractivity contribution is 0.243. The van der Waals surface area contributed by atoms with Gasteiger partial charge in [0.2, 0.25) is 0 Å². The molecule has 3 heterocycles. The maximum atomic E-state index is 12.3. The van der Waals surface area contributed by atoms with Gasteiger partial charge in [-0.05, 0) is 32.4 Å². The maximum Gasteiger partial charge on any atom is 0.319 e. The number of aromatic nitrogens is 4. The molecule has 2 amide bonds. The zero-order valence-electron chi connectivity index (χ0n) is 14.7. The molecule has 0 bridgehead atoms. The topological polar surface area (TPSA) is 84.7 Å². The van der Waals surface area contributed by atoms with Crippen LogP contribution in [0.4, 0.5) is 10.5 Å². The molecule has 0 fully saturated rings. The van der Waals surface area contributed by atoms with Crippen molar-refractivity contribution in [1.29, 1.82) is 0 Å². The molecule has 1 aromatic carbocycles. The summed E-state index contributed by atoms with van der Waals surface area (Å²) < 4.78 is 1.88. The Kier molecular flexibility index (Phi) is 4.42. The van der Waals surface area contributed by atoms with E-state index >= 15 is 0 Å². The summed E-state index contributed by atoms with van der Waals surface area (Å²) in [5, 5.41) is 13.3. The molecular formula is C18H20N6OS. The van der Waals surface area contributed by atoms with Crippen molar-refractivity contribution in [2.75, 3.05) is 5.32 Å². The summed E-state index contributed by atoms with van der Waals surface area (Å²) in [6, 6.07) is 7.57. The van der Waals surface area contributed by atoms with Crippen LogP contribution in [0.3, 0.4) is 0 Å². The minimum atomic E-state index is -0.201. The monoisotopic (exact) mass is 368 g/mol. The number of carbonyl (C=O) groups is 1. The van der Waals surface area contributed by atoms with Crippen LogP contribution in [0.1, 0.15) is 23.1 Å². The molecule has 7 nitrogen and oxygen atoms in total. The van der Waals surface area contributed by atoms with Crippen molar-refractivity contribution < 1.29 is 4.79 Å². The molecule has 2 aromatic heterocycles. The van der Waals surface area contributed by atoms with Gasteiger partial charge in [-0.3, -0.25) is 0 Å². The molecule has 0 unspecified atom stereocenters. The number of thiazole rings is 1. The second kappa shape index (κ2) is 6.87. The van der Waals surface area contributed by atoms with Gasteiger partial charge in [0.15, 0.2) is 0 Å². The van der Waals surface area contributed by atoms with E-state index in [-0.39, 0.29) is 12.1 Å². The van der Waals surface area contributed by atoms with Gasteiger partial charge in [0.25, 0.3) is 0 Å². The molecule has 1 aliphatic heterocycles.